The summed E-state index contributed by atoms with van der Waals surface area (Å²) < 4.78 is 59.4. The summed E-state index contributed by atoms with van der Waals surface area (Å²) in [7, 11) is 2.70. The van der Waals surface area contributed by atoms with Crippen molar-refractivity contribution in [2.75, 3.05) is 25.7 Å². The number of carbonyl (C=O) groups excluding carboxylic acids is 1. The van der Waals surface area contributed by atoms with Gasteiger partial charge in [0.2, 0.25) is 23.8 Å². The van der Waals surface area contributed by atoms with Gasteiger partial charge < -0.3 is 24.2 Å². The Morgan fingerprint density at radius 2 is 1.58 bits per heavy atom. The average Bonchev–Trinajstić information content (AvgIpc) is 3.12. The van der Waals surface area contributed by atoms with Gasteiger partial charge in [0.05, 0.1) is 33.4 Å². The highest BCUT2D eigenvalue weighted by Gasteiger charge is 2.52. The molecule has 2 unspecified atom stereocenters. The first-order valence-corrected chi connectivity index (χ1v) is 12.9. The predicted octanol–water partition coefficient (Wildman–Crippen LogP) is 3.82. The van der Waals surface area contributed by atoms with Crippen LogP contribution >= 0.6 is 0 Å². The Kier molecular flexibility index (Phi) is 8.17. The van der Waals surface area contributed by atoms with E-state index in [1.54, 1.807) is 48.5 Å². The molecule has 1 aromatic heterocycles. The van der Waals surface area contributed by atoms with E-state index in [-0.39, 0.29) is 29.0 Å². The van der Waals surface area contributed by atoms with Crippen LogP contribution in [0.2, 0.25) is 0 Å². The molecule has 222 valence electrons. The lowest BCUT2D eigenvalue weighted by Gasteiger charge is -2.39. The number of fused-ring (bicyclic) bond motifs is 1. The number of carboxylic acids is 1. The van der Waals surface area contributed by atoms with Crippen LogP contribution in [0.4, 0.5) is 18.9 Å². The molecule has 0 spiro atoms. The Morgan fingerprint density at radius 1 is 0.977 bits per heavy atom. The summed E-state index contributed by atoms with van der Waals surface area (Å²) in [6, 6.07) is 16.7. The molecule has 43 heavy (non-hydrogen) atoms. The van der Waals surface area contributed by atoms with Crippen molar-refractivity contribution < 1.29 is 42.1 Å². The Balaban J connectivity index is 1.72. The molecule has 1 aliphatic rings. The topological polar surface area (TPSA) is 123 Å². The molecule has 0 fully saturated rings. The minimum atomic E-state index is -1.82. The second-order valence-electron chi connectivity index (χ2n) is 9.44. The number of hydrogen-bond donors (Lipinski definition) is 2. The highest BCUT2D eigenvalue weighted by molar-refractivity contribution is 5.97. The van der Waals surface area contributed by atoms with E-state index in [2.05, 4.69) is 15.3 Å². The van der Waals surface area contributed by atoms with E-state index in [1.807, 2.05) is 0 Å². The number of para-hydroxylation sites is 1. The van der Waals surface area contributed by atoms with Gasteiger partial charge in [0.1, 0.15) is 23.0 Å². The van der Waals surface area contributed by atoms with E-state index in [0.29, 0.717) is 17.7 Å². The van der Waals surface area contributed by atoms with Crippen LogP contribution in [0.1, 0.15) is 16.7 Å². The number of carbonyl (C=O) groups is 2. The van der Waals surface area contributed by atoms with Crippen molar-refractivity contribution in [1.29, 1.82) is 0 Å². The van der Waals surface area contributed by atoms with Crippen LogP contribution in [0.25, 0.3) is 0 Å². The van der Waals surface area contributed by atoms with E-state index in [4.69, 9.17) is 14.2 Å². The molecular formula is C30H25F3N4O6. The number of halogens is 3. The molecule has 2 N–H and O–H groups in total. The summed E-state index contributed by atoms with van der Waals surface area (Å²) >= 11 is 0. The molecule has 4 aromatic rings. The number of ether oxygens (including phenoxy) is 3. The molecule has 0 radical (unpaired) electrons. The predicted molar refractivity (Wildman–Crippen MR) is 146 cm³/mol. The number of amides is 1. The number of methoxy groups -OCH3 is 2. The molecule has 3 aromatic carbocycles. The van der Waals surface area contributed by atoms with Crippen molar-refractivity contribution in [3.8, 4) is 17.8 Å². The van der Waals surface area contributed by atoms with E-state index in [9.17, 15) is 27.9 Å². The zero-order chi connectivity index (χ0) is 30.7. The van der Waals surface area contributed by atoms with Crippen LogP contribution in [0.3, 0.4) is 0 Å². The number of hydrogen-bond acceptors (Lipinski definition) is 8. The average molecular weight is 595 g/mol. The lowest BCUT2D eigenvalue weighted by Crippen LogP contribution is -2.58. The molecule has 1 amide bonds. The molecule has 1 aliphatic heterocycles. The third-order valence-electron chi connectivity index (χ3n) is 7.01. The summed E-state index contributed by atoms with van der Waals surface area (Å²) in [6.07, 6.45) is -1.82. The number of aromatic nitrogens is 2. The second-order valence-corrected chi connectivity index (χ2v) is 9.44. The third-order valence-corrected chi connectivity index (χ3v) is 7.01. The fourth-order valence-corrected chi connectivity index (χ4v) is 5.06. The number of anilines is 1. The van der Waals surface area contributed by atoms with Gasteiger partial charge in [0.25, 0.3) is 0 Å². The lowest BCUT2D eigenvalue weighted by molar-refractivity contribution is -0.149. The van der Waals surface area contributed by atoms with Gasteiger partial charge in [-0.05, 0) is 11.6 Å². The largest absolute Gasteiger partial charge is 0.481 e. The fraction of sp³-hybridized carbons (Fsp3) is 0.200. The lowest BCUT2D eigenvalue weighted by atomic mass is 9.77. The van der Waals surface area contributed by atoms with E-state index >= 15 is 0 Å². The Bertz CT molecular complexity index is 1630. The van der Waals surface area contributed by atoms with Crippen molar-refractivity contribution in [2.24, 2.45) is 0 Å². The van der Waals surface area contributed by atoms with Crippen molar-refractivity contribution in [1.82, 2.24) is 15.3 Å². The highest BCUT2D eigenvalue weighted by atomic mass is 19.1. The number of aliphatic carboxylic acids is 1. The molecule has 0 saturated carbocycles. The zero-order valence-corrected chi connectivity index (χ0v) is 22.9. The quantitative estimate of drug-likeness (QED) is 0.298. The van der Waals surface area contributed by atoms with Gasteiger partial charge in [-0.1, -0.05) is 48.5 Å². The van der Waals surface area contributed by atoms with Gasteiger partial charge in [-0.3, -0.25) is 10.1 Å². The number of rotatable bonds is 9. The first kappa shape index (κ1) is 29.3. The Labute approximate surface area is 243 Å². The third kappa shape index (κ3) is 5.54. The van der Waals surface area contributed by atoms with Gasteiger partial charge in [0.15, 0.2) is 0 Å². The molecule has 10 nitrogen and oxygen atoms in total. The number of nitrogens with one attached hydrogen (secondary N) is 1. The van der Waals surface area contributed by atoms with Crippen molar-refractivity contribution in [3.05, 3.63) is 107 Å². The van der Waals surface area contributed by atoms with Gasteiger partial charge in [-0.25, -0.2) is 18.0 Å². The maximum absolute atomic E-state index is 14.7. The van der Waals surface area contributed by atoms with Gasteiger partial charge in [0, 0.05) is 28.9 Å². The minimum Gasteiger partial charge on any atom is -0.481 e. The molecule has 0 saturated heterocycles. The van der Waals surface area contributed by atoms with E-state index in [0.717, 1.165) is 4.90 Å². The van der Waals surface area contributed by atoms with Crippen LogP contribution in [0, 0.1) is 17.5 Å². The molecule has 2 heterocycles. The van der Waals surface area contributed by atoms with Gasteiger partial charge in [-0.2, -0.15) is 9.97 Å². The summed E-state index contributed by atoms with van der Waals surface area (Å²) in [4.78, 5) is 36.0. The summed E-state index contributed by atoms with van der Waals surface area (Å²) in [6.45, 7) is -1.08. The number of benzene rings is 3. The monoisotopic (exact) mass is 594 g/mol. The minimum absolute atomic E-state index is 0.0404. The van der Waals surface area contributed by atoms with Crippen molar-refractivity contribution in [2.45, 2.75) is 18.2 Å². The second kappa shape index (κ2) is 12.0. The fourth-order valence-electron chi connectivity index (χ4n) is 5.06. The van der Waals surface area contributed by atoms with Crippen LogP contribution in [-0.4, -0.2) is 53.8 Å². The summed E-state index contributed by atoms with van der Waals surface area (Å²) in [5, 5.41) is 13.7. The maximum atomic E-state index is 14.7. The van der Waals surface area contributed by atoms with Crippen LogP contribution in [-0.2, 0) is 21.7 Å². The van der Waals surface area contributed by atoms with E-state index < -0.39 is 59.6 Å². The normalized spacial score (nSPS) is 17.0. The molecule has 13 heteroatoms. The van der Waals surface area contributed by atoms with Gasteiger partial charge >= 0.3 is 12.0 Å². The Morgan fingerprint density at radius 3 is 2.19 bits per heavy atom. The SMILES string of the molecule is COc1cc(OC)nc(OC(C(=O)O)C2(c3ccccc3)NCC(=O)N(Cc3c(F)cc(F)cc3F)c3ccccc32)n1. The first-order chi connectivity index (χ1) is 20.7. The van der Waals surface area contributed by atoms with Crippen molar-refractivity contribution >= 4 is 17.6 Å². The van der Waals surface area contributed by atoms with E-state index in [1.165, 1.54) is 26.4 Å². The van der Waals surface area contributed by atoms with Crippen LogP contribution in [0.15, 0.2) is 72.8 Å². The summed E-state index contributed by atoms with van der Waals surface area (Å²) in [5.74, 6) is -5.47. The standard InChI is InChI=1S/C30H25F3N4O6/c1-41-24-14-25(42-2)36-29(35-24)43-27(28(39)40)30(17-8-4-3-5-9-17)20-10-6-7-11-23(20)37(26(38)15-34-30)16-19-21(32)12-18(31)13-22(19)33/h3-14,27,34H,15-16H2,1-2H3,(H,39,40). The van der Waals surface area contributed by atoms with Gasteiger partial charge in [-0.15, -0.1) is 0 Å². The highest BCUT2D eigenvalue weighted by Crippen LogP contribution is 2.42. The molecule has 5 rings (SSSR count). The molecule has 0 bridgehead atoms. The zero-order valence-electron chi connectivity index (χ0n) is 22.9. The number of carboxylic acid groups (broad SMARTS) is 1. The van der Waals surface area contributed by atoms with Crippen LogP contribution in [0.5, 0.6) is 17.8 Å². The molecule has 2 atom stereocenters. The Hall–Kier alpha value is -5.17. The molecule has 0 aliphatic carbocycles. The first-order valence-electron chi connectivity index (χ1n) is 12.9. The number of nitrogens with zero attached hydrogens (tertiary/aromatic N) is 3. The smallest absolute Gasteiger partial charge is 0.347 e. The van der Waals surface area contributed by atoms with Crippen LogP contribution < -0.4 is 24.4 Å². The van der Waals surface area contributed by atoms with Crippen molar-refractivity contribution in [3.63, 3.8) is 0 Å². The summed E-state index contributed by atoms with van der Waals surface area (Å²) in [5.41, 5.74) is -1.56. The maximum Gasteiger partial charge on any atom is 0.347 e. The molecular weight excluding hydrogens is 569 g/mol.